The van der Waals surface area contributed by atoms with Gasteiger partial charge in [0.2, 0.25) is 0 Å². The van der Waals surface area contributed by atoms with E-state index in [0.29, 0.717) is 50.9 Å². The monoisotopic (exact) mass is 877 g/mol. The van der Waals surface area contributed by atoms with E-state index in [-0.39, 0.29) is 23.3 Å². The molecule has 0 saturated carbocycles. The summed E-state index contributed by atoms with van der Waals surface area (Å²) in [6.07, 6.45) is 37.5. The lowest BCUT2D eigenvalue weighted by molar-refractivity contribution is -0.147. The lowest BCUT2D eigenvalue weighted by Gasteiger charge is -2.32. The minimum Gasteiger partial charge on any atom is -0.466 e. The van der Waals surface area contributed by atoms with Crippen LogP contribution in [0, 0.1) is 17.3 Å². The molecule has 0 aromatic rings. The molecule has 1 saturated heterocycles. The Morgan fingerprint density at radius 3 is 1.26 bits per heavy atom. The Kier molecular flexibility index (Phi) is 38.4. The van der Waals surface area contributed by atoms with Gasteiger partial charge in [-0.15, -0.1) is 0 Å². The molecule has 0 bridgehead atoms. The van der Waals surface area contributed by atoms with Gasteiger partial charge in [0, 0.05) is 45.6 Å². The predicted molar refractivity (Wildman–Crippen MR) is 262 cm³/mol. The van der Waals surface area contributed by atoms with E-state index in [1.165, 1.54) is 103 Å². The van der Waals surface area contributed by atoms with Crippen molar-refractivity contribution >= 4 is 17.9 Å². The van der Waals surface area contributed by atoms with E-state index in [1.807, 2.05) is 0 Å². The number of nitrogens with zero attached hydrogens (tertiary/aromatic N) is 2. The first kappa shape index (κ1) is 58.3. The SMILES string of the molecule is CCCCCC(CCCCC)CCOC(=O)CCCCCCCC(C)(CCCCCCCC(=O)OCCC(CCCCC)CCCCC)CC(=O)OCCCN1CCN(C)CC1. The molecule has 0 atom stereocenters. The second-order valence-corrected chi connectivity index (χ2v) is 20.0. The molecular weight excluding hydrogens is 773 g/mol. The number of carbonyl (C=O) groups is 3. The lowest BCUT2D eigenvalue weighted by atomic mass is 9.77. The van der Waals surface area contributed by atoms with E-state index in [4.69, 9.17) is 14.2 Å². The quantitative estimate of drug-likeness (QED) is 0.0340. The van der Waals surface area contributed by atoms with Gasteiger partial charge < -0.3 is 24.0 Å². The Balaban J connectivity index is 2.42. The standard InChI is InChI=1S/C54H104N2O6/c1-7-11-21-30-49(31-22-12-8-2)36-46-61-51(57)34-25-17-15-19-27-38-54(5,48-53(59)60-45-29-40-56-43-41-55(6)42-44-56)39-28-20-16-18-26-35-52(58)62-47-37-50(32-23-13-9-3)33-24-14-10-4/h49-50H,7-48H2,1-6H3. The highest BCUT2D eigenvalue weighted by Crippen LogP contribution is 2.35. The van der Waals surface area contributed by atoms with Crippen LogP contribution in [0.5, 0.6) is 0 Å². The Bertz CT molecular complexity index is 970. The average Bonchev–Trinajstić information content (AvgIpc) is 3.25. The molecule has 1 aliphatic rings. The number of ether oxygens (including phenoxy) is 3. The van der Waals surface area contributed by atoms with Gasteiger partial charge in [0.05, 0.1) is 26.2 Å². The second kappa shape index (κ2) is 40.8. The van der Waals surface area contributed by atoms with E-state index in [2.05, 4.69) is 51.5 Å². The molecule has 0 aliphatic carbocycles. The van der Waals surface area contributed by atoms with Crippen molar-refractivity contribution in [2.75, 3.05) is 59.6 Å². The molecular formula is C54H104N2O6. The van der Waals surface area contributed by atoms with Crippen molar-refractivity contribution in [3.05, 3.63) is 0 Å². The molecule has 0 spiro atoms. The van der Waals surface area contributed by atoms with Gasteiger partial charge in [-0.1, -0.05) is 189 Å². The van der Waals surface area contributed by atoms with Gasteiger partial charge in [0.15, 0.2) is 0 Å². The minimum atomic E-state index is -0.0714. The highest BCUT2D eigenvalue weighted by molar-refractivity contribution is 5.70. The van der Waals surface area contributed by atoms with Crippen LogP contribution in [0.3, 0.4) is 0 Å². The normalized spacial score (nSPS) is 13.9. The molecule has 1 aliphatic heterocycles. The molecule has 1 fully saturated rings. The lowest BCUT2D eigenvalue weighted by Crippen LogP contribution is -2.44. The van der Waals surface area contributed by atoms with Crippen LogP contribution in [0.4, 0.5) is 0 Å². The van der Waals surface area contributed by atoms with Crippen molar-refractivity contribution < 1.29 is 28.6 Å². The zero-order chi connectivity index (χ0) is 45.4. The van der Waals surface area contributed by atoms with E-state index in [9.17, 15) is 14.4 Å². The molecule has 0 aromatic heterocycles. The summed E-state index contributed by atoms with van der Waals surface area (Å²) in [5.74, 6) is 1.27. The Hall–Kier alpha value is -1.67. The number of rotatable bonds is 44. The number of esters is 3. The number of carbonyl (C=O) groups excluding carboxylic acids is 3. The van der Waals surface area contributed by atoms with Crippen molar-refractivity contribution in [2.24, 2.45) is 17.3 Å². The summed E-state index contributed by atoms with van der Waals surface area (Å²) in [5, 5.41) is 0. The van der Waals surface area contributed by atoms with Gasteiger partial charge in [-0.2, -0.15) is 0 Å². The van der Waals surface area contributed by atoms with Crippen LogP contribution in [-0.4, -0.2) is 87.3 Å². The van der Waals surface area contributed by atoms with Crippen LogP contribution >= 0.6 is 0 Å². The van der Waals surface area contributed by atoms with Gasteiger partial charge >= 0.3 is 17.9 Å². The van der Waals surface area contributed by atoms with E-state index in [0.717, 1.165) is 129 Å². The summed E-state index contributed by atoms with van der Waals surface area (Å²) < 4.78 is 17.2. The van der Waals surface area contributed by atoms with Crippen LogP contribution in [-0.2, 0) is 28.6 Å². The third-order valence-corrected chi connectivity index (χ3v) is 13.8. The zero-order valence-corrected chi connectivity index (χ0v) is 42.2. The first-order chi connectivity index (χ1) is 30.1. The first-order valence-corrected chi connectivity index (χ1v) is 27.0. The molecule has 366 valence electrons. The van der Waals surface area contributed by atoms with Gasteiger partial charge in [-0.3, -0.25) is 14.4 Å². The molecule has 1 heterocycles. The number of likely N-dealkylation sites (N-methyl/N-ethyl adjacent to an activating group) is 1. The van der Waals surface area contributed by atoms with Crippen molar-refractivity contribution in [3.8, 4) is 0 Å². The molecule has 0 aromatic carbocycles. The summed E-state index contributed by atoms with van der Waals surface area (Å²) in [6.45, 7) is 18.4. The number of hydrogen-bond donors (Lipinski definition) is 0. The van der Waals surface area contributed by atoms with Crippen molar-refractivity contribution in [1.82, 2.24) is 9.80 Å². The van der Waals surface area contributed by atoms with Crippen LogP contribution in [0.1, 0.15) is 253 Å². The van der Waals surface area contributed by atoms with Crippen molar-refractivity contribution in [2.45, 2.75) is 253 Å². The van der Waals surface area contributed by atoms with Gasteiger partial charge in [-0.05, 0) is 69.2 Å². The number of unbranched alkanes of at least 4 members (excludes halogenated alkanes) is 16. The fourth-order valence-corrected chi connectivity index (χ4v) is 9.37. The summed E-state index contributed by atoms with van der Waals surface area (Å²) in [4.78, 5) is 43.0. The maximum atomic E-state index is 13.2. The van der Waals surface area contributed by atoms with Gasteiger partial charge in [0.25, 0.3) is 0 Å². The minimum absolute atomic E-state index is 0.0323. The van der Waals surface area contributed by atoms with Crippen LogP contribution in [0.15, 0.2) is 0 Å². The number of hydrogen-bond acceptors (Lipinski definition) is 8. The third kappa shape index (κ3) is 34.7. The molecule has 0 N–H and O–H groups in total. The smallest absolute Gasteiger partial charge is 0.306 e. The molecule has 0 amide bonds. The fraction of sp³-hybridized carbons (Fsp3) is 0.944. The number of piperazine rings is 1. The topological polar surface area (TPSA) is 85.4 Å². The van der Waals surface area contributed by atoms with E-state index >= 15 is 0 Å². The van der Waals surface area contributed by atoms with Crippen LogP contribution < -0.4 is 0 Å². The molecule has 1 rings (SSSR count). The highest BCUT2D eigenvalue weighted by Gasteiger charge is 2.28. The summed E-state index contributed by atoms with van der Waals surface area (Å²) in [7, 11) is 2.18. The maximum Gasteiger partial charge on any atom is 0.306 e. The molecule has 0 unspecified atom stereocenters. The molecule has 62 heavy (non-hydrogen) atoms. The van der Waals surface area contributed by atoms with Crippen molar-refractivity contribution in [1.29, 1.82) is 0 Å². The molecule has 8 nitrogen and oxygen atoms in total. The van der Waals surface area contributed by atoms with Crippen LogP contribution in [0.25, 0.3) is 0 Å². The molecule has 8 heteroatoms. The summed E-state index contributed by atoms with van der Waals surface area (Å²) in [6, 6.07) is 0. The third-order valence-electron chi connectivity index (χ3n) is 13.8. The Morgan fingerprint density at radius 1 is 0.452 bits per heavy atom. The molecule has 0 radical (unpaired) electrons. The Labute approximate surface area is 384 Å². The van der Waals surface area contributed by atoms with Crippen molar-refractivity contribution in [3.63, 3.8) is 0 Å². The Morgan fingerprint density at radius 2 is 0.839 bits per heavy atom. The van der Waals surface area contributed by atoms with Gasteiger partial charge in [0.1, 0.15) is 0 Å². The zero-order valence-electron chi connectivity index (χ0n) is 42.2. The fourth-order valence-electron chi connectivity index (χ4n) is 9.37. The van der Waals surface area contributed by atoms with E-state index < -0.39 is 0 Å². The second-order valence-electron chi connectivity index (χ2n) is 20.0. The van der Waals surface area contributed by atoms with E-state index in [1.54, 1.807) is 0 Å². The first-order valence-electron chi connectivity index (χ1n) is 27.0. The predicted octanol–water partition coefficient (Wildman–Crippen LogP) is 14.4. The van der Waals surface area contributed by atoms with Gasteiger partial charge in [-0.25, -0.2) is 0 Å². The summed E-state index contributed by atoms with van der Waals surface area (Å²) in [5.41, 5.74) is -0.0714. The van der Waals surface area contributed by atoms with Crippen LogP contribution in [0.2, 0.25) is 0 Å². The largest absolute Gasteiger partial charge is 0.466 e. The average molecular weight is 877 g/mol. The maximum absolute atomic E-state index is 13.2. The summed E-state index contributed by atoms with van der Waals surface area (Å²) >= 11 is 0. The highest BCUT2D eigenvalue weighted by atomic mass is 16.5.